The minimum atomic E-state index is 0.462. The Labute approximate surface area is 203 Å². The molecule has 2 heterocycles. The van der Waals surface area contributed by atoms with E-state index in [4.69, 9.17) is 19.2 Å². The van der Waals surface area contributed by atoms with Gasteiger partial charge in [-0.3, -0.25) is 4.98 Å². The average Bonchev–Trinajstić information content (AvgIpc) is 2.93. The highest BCUT2D eigenvalue weighted by molar-refractivity contribution is 5.89. The Hall–Kier alpha value is -4.35. The van der Waals surface area contributed by atoms with Gasteiger partial charge in [-0.05, 0) is 54.1 Å². The predicted molar refractivity (Wildman–Crippen MR) is 134 cm³/mol. The monoisotopic (exact) mass is 467 g/mol. The molecule has 0 unspecified atom stereocenters. The summed E-state index contributed by atoms with van der Waals surface area (Å²) in [4.78, 5) is 11.4. The van der Waals surface area contributed by atoms with Crippen LogP contribution in [-0.4, -0.2) is 43.4 Å². The molecule has 4 aromatic rings. The molecular formula is C27H25N5O3. The Morgan fingerprint density at radius 1 is 1.00 bits per heavy atom. The number of hydrogen-bond donors (Lipinski definition) is 1. The highest BCUT2D eigenvalue weighted by atomic mass is 16.5. The molecule has 0 saturated carbocycles. The lowest BCUT2D eigenvalue weighted by molar-refractivity contribution is 0.122. The smallest absolute Gasteiger partial charge is 0.148 e. The van der Waals surface area contributed by atoms with Gasteiger partial charge in [-0.25, -0.2) is 4.98 Å². The molecule has 0 amide bonds. The van der Waals surface area contributed by atoms with Gasteiger partial charge in [0.2, 0.25) is 0 Å². The van der Waals surface area contributed by atoms with Crippen molar-refractivity contribution in [3.63, 3.8) is 0 Å². The largest absolute Gasteiger partial charge is 0.497 e. The topological polar surface area (TPSA) is 92.5 Å². The summed E-state index contributed by atoms with van der Waals surface area (Å²) in [5.41, 5.74) is 4.31. The Kier molecular flexibility index (Phi) is 6.59. The summed E-state index contributed by atoms with van der Waals surface area (Å²) in [6.45, 7) is 3.29. The number of morpholine rings is 1. The van der Waals surface area contributed by atoms with E-state index in [-0.39, 0.29) is 0 Å². The van der Waals surface area contributed by atoms with E-state index in [1.165, 1.54) is 0 Å². The zero-order valence-corrected chi connectivity index (χ0v) is 19.4. The summed E-state index contributed by atoms with van der Waals surface area (Å²) in [5, 5.41) is 13.3. The van der Waals surface area contributed by atoms with Crippen LogP contribution >= 0.6 is 0 Å². The van der Waals surface area contributed by atoms with Crippen molar-refractivity contribution in [1.29, 1.82) is 5.26 Å². The van der Waals surface area contributed by atoms with Gasteiger partial charge in [0, 0.05) is 18.8 Å². The van der Waals surface area contributed by atoms with E-state index in [2.05, 4.69) is 21.3 Å². The van der Waals surface area contributed by atoms with E-state index in [0.717, 1.165) is 41.7 Å². The molecule has 176 valence electrons. The van der Waals surface area contributed by atoms with Crippen molar-refractivity contribution < 1.29 is 14.2 Å². The van der Waals surface area contributed by atoms with Crippen LogP contribution in [-0.2, 0) is 11.3 Å². The Morgan fingerprint density at radius 3 is 2.46 bits per heavy atom. The lowest BCUT2D eigenvalue weighted by Gasteiger charge is -2.27. The van der Waals surface area contributed by atoms with Crippen LogP contribution in [0.15, 0.2) is 66.9 Å². The SMILES string of the molecule is COc1ccc(COc2ccc(Nc3ccc4ncc(N5CCOCC5)nc4c3C#N)cc2)cc1. The van der Waals surface area contributed by atoms with Gasteiger partial charge in [-0.1, -0.05) is 12.1 Å². The second kappa shape index (κ2) is 10.3. The molecule has 1 aliphatic rings. The summed E-state index contributed by atoms with van der Waals surface area (Å²) in [6, 6.07) is 21.5. The quantitative estimate of drug-likeness (QED) is 0.419. The highest BCUT2D eigenvalue weighted by Gasteiger charge is 2.16. The normalized spacial score (nSPS) is 13.3. The van der Waals surface area contributed by atoms with Gasteiger partial charge in [0.1, 0.15) is 41.1 Å². The minimum Gasteiger partial charge on any atom is -0.497 e. The lowest BCUT2D eigenvalue weighted by Crippen LogP contribution is -2.36. The van der Waals surface area contributed by atoms with Crippen LogP contribution in [0.4, 0.5) is 17.2 Å². The molecule has 0 spiro atoms. The molecule has 1 saturated heterocycles. The third-order valence-corrected chi connectivity index (χ3v) is 5.85. The number of nitrogens with one attached hydrogen (secondary N) is 1. The average molecular weight is 468 g/mol. The molecule has 5 rings (SSSR count). The fourth-order valence-corrected chi connectivity index (χ4v) is 3.91. The first kappa shape index (κ1) is 22.4. The maximum Gasteiger partial charge on any atom is 0.148 e. The van der Waals surface area contributed by atoms with Crippen LogP contribution in [0.2, 0.25) is 0 Å². The number of hydrogen-bond acceptors (Lipinski definition) is 8. The van der Waals surface area contributed by atoms with E-state index >= 15 is 0 Å². The Morgan fingerprint density at radius 2 is 1.74 bits per heavy atom. The molecule has 0 bridgehead atoms. The summed E-state index contributed by atoms with van der Waals surface area (Å²) >= 11 is 0. The van der Waals surface area contributed by atoms with Crippen molar-refractivity contribution >= 4 is 28.2 Å². The van der Waals surface area contributed by atoms with E-state index in [1.807, 2.05) is 60.7 Å². The molecule has 0 radical (unpaired) electrons. The first-order valence-corrected chi connectivity index (χ1v) is 11.4. The molecular weight excluding hydrogens is 442 g/mol. The molecule has 8 heteroatoms. The van der Waals surface area contributed by atoms with Crippen molar-refractivity contribution in [2.24, 2.45) is 0 Å². The molecule has 0 aliphatic carbocycles. The molecule has 3 aromatic carbocycles. The number of rotatable bonds is 7. The maximum absolute atomic E-state index is 9.93. The van der Waals surface area contributed by atoms with Crippen LogP contribution < -0.4 is 19.7 Å². The molecule has 1 aliphatic heterocycles. The van der Waals surface area contributed by atoms with E-state index < -0.39 is 0 Å². The van der Waals surface area contributed by atoms with Crippen molar-refractivity contribution in [3.8, 4) is 17.6 Å². The summed E-state index contributed by atoms with van der Waals surface area (Å²) in [7, 11) is 1.65. The molecule has 35 heavy (non-hydrogen) atoms. The first-order chi connectivity index (χ1) is 17.2. The van der Waals surface area contributed by atoms with Crippen molar-refractivity contribution in [1.82, 2.24) is 9.97 Å². The molecule has 0 atom stereocenters. The van der Waals surface area contributed by atoms with Gasteiger partial charge < -0.3 is 24.4 Å². The second-order valence-electron chi connectivity index (χ2n) is 8.08. The number of fused-ring (bicyclic) bond motifs is 1. The summed E-state index contributed by atoms with van der Waals surface area (Å²) in [5.74, 6) is 2.33. The van der Waals surface area contributed by atoms with Crippen LogP contribution in [0.5, 0.6) is 11.5 Å². The Bertz CT molecular complexity index is 1340. The molecule has 1 N–H and O–H groups in total. The number of benzene rings is 3. The van der Waals surface area contributed by atoms with Gasteiger partial charge in [0.25, 0.3) is 0 Å². The fraction of sp³-hybridized carbons (Fsp3) is 0.222. The fourth-order valence-electron chi connectivity index (χ4n) is 3.91. The van der Waals surface area contributed by atoms with Gasteiger partial charge in [-0.2, -0.15) is 5.26 Å². The van der Waals surface area contributed by atoms with Crippen molar-refractivity contribution in [2.45, 2.75) is 6.61 Å². The predicted octanol–water partition coefficient (Wildman–Crippen LogP) is 4.67. The zero-order chi connectivity index (χ0) is 24.0. The molecule has 1 fully saturated rings. The number of nitrogens with zero attached hydrogens (tertiary/aromatic N) is 4. The van der Waals surface area contributed by atoms with Crippen molar-refractivity contribution in [3.05, 3.63) is 78.0 Å². The van der Waals surface area contributed by atoms with Crippen molar-refractivity contribution in [2.75, 3.05) is 43.6 Å². The molecule has 8 nitrogen and oxygen atoms in total. The van der Waals surface area contributed by atoms with Gasteiger partial charge in [0.15, 0.2) is 0 Å². The second-order valence-corrected chi connectivity index (χ2v) is 8.08. The lowest BCUT2D eigenvalue weighted by atomic mass is 10.1. The first-order valence-electron chi connectivity index (χ1n) is 11.4. The van der Waals surface area contributed by atoms with Gasteiger partial charge >= 0.3 is 0 Å². The number of anilines is 3. The van der Waals surface area contributed by atoms with Gasteiger partial charge in [0.05, 0.1) is 37.7 Å². The van der Waals surface area contributed by atoms with Crippen LogP contribution in [0, 0.1) is 11.3 Å². The summed E-state index contributed by atoms with van der Waals surface area (Å²) in [6.07, 6.45) is 1.76. The third-order valence-electron chi connectivity index (χ3n) is 5.85. The number of aromatic nitrogens is 2. The number of nitriles is 1. The number of ether oxygens (including phenoxy) is 3. The summed E-state index contributed by atoms with van der Waals surface area (Å²) < 4.78 is 16.5. The maximum atomic E-state index is 9.93. The van der Waals surface area contributed by atoms with E-state index in [9.17, 15) is 5.26 Å². The molecule has 1 aromatic heterocycles. The minimum absolute atomic E-state index is 0.462. The zero-order valence-electron chi connectivity index (χ0n) is 19.4. The Balaban J connectivity index is 1.31. The van der Waals surface area contributed by atoms with Crippen LogP contribution in [0.3, 0.4) is 0 Å². The van der Waals surface area contributed by atoms with Gasteiger partial charge in [-0.15, -0.1) is 0 Å². The van der Waals surface area contributed by atoms with Crippen LogP contribution in [0.1, 0.15) is 11.1 Å². The van der Waals surface area contributed by atoms with E-state index in [1.54, 1.807) is 13.3 Å². The highest BCUT2D eigenvalue weighted by Crippen LogP contribution is 2.28. The third kappa shape index (κ3) is 5.10. The number of methoxy groups -OCH3 is 1. The standard InChI is InChI=1S/C27H25N5O3/c1-33-21-6-2-19(3-7-21)18-35-22-8-4-20(5-9-22)30-24-10-11-25-27(23(24)16-28)31-26(17-29-25)32-12-14-34-15-13-32/h2-11,17,30H,12-15,18H2,1H3. The van der Waals surface area contributed by atoms with E-state index in [0.29, 0.717) is 42.1 Å². The van der Waals surface area contributed by atoms with Crippen LogP contribution in [0.25, 0.3) is 11.0 Å².